The highest BCUT2D eigenvalue weighted by Crippen LogP contribution is 2.41. The Hall–Kier alpha value is -0.260. The summed E-state index contributed by atoms with van der Waals surface area (Å²) in [5.74, 6) is 0.333. The van der Waals surface area contributed by atoms with Crippen molar-refractivity contribution in [3.8, 4) is 0 Å². The van der Waals surface area contributed by atoms with Gasteiger partial charge in [0.05, 0.1) is 12.7 Å². The van der Waals surface area contributed by atoms with Gasteiger partial charge in [-0.05, 0) is 25.7 Å². The summed E-state index contributed by atoms with van der Waals surface area (Å²) in [5.41, 5.74) is 5.92. The maximum atomic E-state index is 11.3. The fraction of sp³-hybridized carbons (Fsp3) is 0.929. The number of methoxy groups -OCH3 is 1. The molecule has 1 aliphatic carbocycles. The Bertz CT molecular complexity index is 300. The van der Waals surface area contributed by atoms with Crippen LogP contribution in [0.5, 0.6) is 0 Å². The molecule has 0 bridgehead atoms. The molecule has 2 aliphatic rings. The van der Waals surface area contributed by atoms with Gasteiger partial charge < -0.3 is 15.2 Å². The highest BCUT2D eigenvalue weighted by Gasteiger charge is 2.38. The van der Waals surface area contributed by atoms with Crippen LogP contribution in [0.2, 0.25) is 0 Å². The first kappa shape index (κ1) is 15.1. The van der Waals surface area contributed by atoms with Crippen LogP contribution in [0, 0.1) is 0 Å². The van der Waals surface area contributed by atoms with E-state index in [-0.39, 0.29) is 11.6 Å². The van der Waals surface area contributed by atoms with Crippen LogP contribution in [-0.4, -0.2) is 42.3 Å². The minimum atomic E-state index is -0.500. The highest BCUT2D eigenvalue weighted by atomic mass is 32.2. The van der Waals surface area contributed by atoms with Gasteiger partial charge in [-0.2, -0.15) is 11.8 Å². The van der Waals surface area contributed by atoms with E-state index in [1.165, 1.54) is 39.2 Å². The molecule has 0 aromatic rings. The van der Waals surface area contributed by atoms with Crippen molar-refractivity contribution in [3.63, 3.8) is 0 Å². The fourth-order valence-corrected chi connectivity index (χ4v) is 4.43. The van der Waals surface area contributed by atoms with Crippen molar-refractivity contribution in [1.29, 1.82) is 0 Å². The van der Waals surface area contributed by atoms with E-state index in [4.69, 9.17) is 10.5 Å². The molecule has 1 aliphatic heterocycles. The Morgan fingerprint density at radius 2 is 2.21 bits per heavy atom. The summed E-state index contributed by atoms with van der Waals surface area (Å²) in [6.45, 7) is 0.852. The molecule has 0 amide bonds. The Labute approximate surface area is 119 Å². The first-order valence-corrected chi connectivity index (χ1v) is 8.29. The van der Waals surface area contributed by atoms with Crippen molar-refractivity contribution in [1.82, 2.24) is 0 Å². The van der Waals surface area contributed by atoms with E-state index in [0.717, 1.165) is 19.4 Å². The minimum absolute atomic E-state index is 0.128. The molecule has 1 spiro atoms. The van der Waals surface area contributed by atoms with E-state index in [1.54, 1.807) is 0 Å². The summed E-state index contributed by atoms with van der Waals surface area (Å²) < 4.78 is 10.7. The molecule has 1 heterocycles. The van der Waals surface area contributed by atoms with Gasteiger partial charge in [0.15, 0.2) is 0 Å². The maximum absolute atomic E-state index is 11.3. The second-order valence-electron chi connectivity index (χ2n) is 5.67. The van der Waals surface area contributed by atoms with E-state index in [0.29, 0.717) is 11.0 Å². The lowest BCUT2D eigenvalue weighted by Gasteiger charge is -2.43. The molecular formula is C14H25NO3S. The average Bonchev–Trinajstić information content (AvgIpc) is 2.45. The average molecular weight is 287 g/mol. The van der Waals surface area contributed by atoms with Crippen LogP contribution in [0.4, 0.5) is 0 Å². The molecule has 19 heavy (non-hydrogen) atoms. The van der Waals surface area contributed by atoms with Crippen LogP contribution in [0.15, 0.2) is 0 Å². The molecule has 1 saturated heterocycles. The second-order valence-corrected chi connectivity index (χ2v) is 7.00. The lowest BCUT2D eigenvalue weighted by atomic mass is 9.80. The summed E-state index contributed by atoms with van der Waals surface area (Å²) in [6.07, 6.45) is 8.51. The van der Waals surface area contributed by atoms with Crippen LogP contribution >= 0.6 is 11.8 Å². The predicted molar refractivity (Wildman–Crippen MR) is 77.2 cm³/mol. The number of hydrogen-bond donors (Lipinski definition) is 1. The van der Waals surface area contributed by atoms with Crippen LogP contribution in [0.25, 0.3) is 0 Å². The number of carbonyl (C=O) groups is 1. The van der Waals surface area contributed by atoms with E-state index >= 15 is 0 Å². The summed E-state index contributed by atoms with van der Waals surface area (Å²) in [6, 6.07) is -0.500. The van der Waals surface area contributed by atoms with E-state index in [2.05, 4.69) is 4.74 Å². The third kappa shape index (κ3) is 4.10. The molecule has 4 nitrogen and oxygen atoms in total. The maximum Gasteiger partial charge on any atom is 0.323 e. The smallest absolute Gasteiger partial charge is 0.323 e. The van der Waals surface area contributed by atoms with Gasteiger partial charge >= 0.3 is 5.97 Å². The van der Waals surface area contributed by atoms with Gasteiger partial charge in [0.2, 0.25) is 0 Å². The Morgan fingerprint density at radius 1 is 1.47 bits per heavy atom. The summed E-state index contributed by atoms with van der Waals surface area (Å²) >= 11 is 1.81. The van der Waals surface area contributed by atoms with Gasteiger partial charge in [0.25, 0.3) is 0 Å². The van der Waals surface area contributed by atoms with Crippen LogP contribution in [0.1, 0.15) is 44.9 Å². The SMILES string of the molecule is COC(=O)C(N)CSC1CCOC2(CCCCC2)C1. The summed E-state index contributed by atoms with van der Waals surface area (Å²) in [4.78, 5) is 11.3. The lowest BCUT2D eigenvalue weighted by Crippen LogP contribution is -2.43. The van der Waals surface area contributed by atoms with E-state index in [1.807, 2.05) is 11.8 Å². The minimum Gasteiger partial charge on any atom is -0.468 e. The molecule has 5 heteroatoms. The van der Waals surface area contributed by atoms with E-state index in [9.17, 15) is 4.79 Å². The predicted octanol–water partition coefficient (Wildman–Crippen LogP) is 2.10. The van der Waals surface area contributed by atoms with Crippen LogP contribution in [0.3, 0.4) is 0 Å². The largest absolute Gasteiger partial charge is 0.468 e. The number of carbonyl (C=O) groups excluding carboxylic acids is 1. The monoisotopic (exact) mass is 287 g/mol. The standard InChI is InChI=1S/C14H25NO3S/c1-17-13(16)12(15)10-19-11-5-8-18-14(9-11)6-3-2-4-7-14/h11-12H,2-10,15H2,1H3. The molecule has 110 valence electrons. The highest BCUT2D eigenvalue weighted by molar-refractivity contribution is 8.00. The normalized spacial score (nSPS) is 28.0. The summed E-state index contributed by atoms with van der Waals surface area (Å²) in [5, 5.41) is 0.572. The third-order valence-electron chi connectivity index (χ3n) is 4.23. The van der Waals surface area contributed by atoms with Gasteiger partial charge in [-0.25, -0.2) is 0 Å². The van der Waals surface area contributed by atoms with Crippen molar-refractivity contribution in [2.75, 3.05) is 19.5 Å². The topological polar surface area (TPSA) is 61.5 Å². The number of ether oxygens (including phenoxy) is 2. The molecule has 2 fully saturated rings. The first-order chi connectivity index (χ1) is 9.15. The molecule has 2 atom stereocenters. The number of hydrogen-bond acceptors (Lipinski definition) is 5. The van der Waals surface area contributed by atoms with Gasteiger partial charge in [0.1, 0.15) is 6.04 Å². The molecule has 2 rings (SSSR count). The molecule has 2 N–H and O–H groups in total. The molecular weight excluding hydrogens is 262 g/mol. The zero-order valence-corrected chi connectivity index (χ0v) is 12.5. The van der Waals surface area contributed by atoms with Crippen molar-refractivity contribution in [2.45, 2.75) is 61.8 Å². The quantitative estimate of drug-likeness (QED) is 0.802. The molecule has 1 saturated carbocycles. The zero-order chi connectivity index (χ0) is 13.7. The molecule has 2 unspecified atom stereocenters. The number of nitrogens with two attached hydrogens (primary N) is 1. The second kappa shape index (κ2) is 6.95. The van der Waals surface area contributed by atoms with Crippen LogP contribution < -0.4 is 5.73 Å². The Kier molecular flexibility index (Phi) is 5.54. The zero-order valence-electron chi connectivity index (χ0n) is 11.7. The van der Waals surface area contributed by atoms with Crippen molar-refractivity contribution < 1.29 is 14.3 Å². The van der Waals surface area contributed by atoms with Gasteiger partial charge in [-0.15, -0.1) is 0 Å². The van der Waals surface area contributed by atoms with Crippen molar-refractivity contribution in [2.24, 2.45) is 5.73 Å². The summed E-state index contributed by atoms with van der Waals surface area (Å²) in [7, 11) is 1.39. The van der Waals surface area contributed by atoms with Crippen LogP contribution in [-0.2, 0) is 14.3 Å². The first-order valence-electron chi connectivity index (χ1n) is 7.24. The van der Waals surface area contributed by atoms with E-state index < -0.39 is 6.04 Å². The molecule has 0 aromatic heterocycles. The number of esters is 1. The van der Waals surface area contributed by atoms with Gasteiger partial charge in [0, 0.05) is 17.6 Å². The number of rotatable bonds is 4. The lowest BCUT2D eigenvalue weighted by molar-refractivity contribution is -0.141. The Balaban J connectivity index is 1.79. The van der Waals surface area contributed by atoms with Crippen molar-refractivity contribution in [3.05, 3.63) is 0 Å². The third-order valence-corrected chi connectivity index (χ3v) is 5.65. The van der Waals surface area contributed by atoms with Gasteiger partial charge in [-0.3, -0.25) is 4.79 Å². The van der Waals surface area contributed by atoms with Gasteiger partial charge in [-0.1, -0.05) is 19.3 Å². The fourth-order valence-electron chi connectivity index (χ4n) is 3.13. The number of thioether (sulfide) groups is 1. The van der Waals surface area contributed by atoms with Crippen molar-refractivity contribution >= 4 is 17.7 Å². The molecule has 0 aromatic carbocycles. The molecule has 0 radical (unpaired) electrons. The Morgan fingerprint density at radius 3 is 2.89 bits per heavy atom.